The Morgan fingerprint density at radius 1 is 1.32 bits per heavy atom. The lowest BCUT2D eigenvalue weighted by Gasteiger charge is -2.16. The summed E-state index contributed by atoms with van der Waals surface area (Å²) in [6.45, 7) is 2.30. The van der Waals surface area contributed by atoms with Gasteiger partial charge in [-0.3, -0.25) is 4.79 Å². The molecule has 1 aromatic carbocycles. The summed E-state index contributed by atoms with van der Waals surface area (Å²) < 4.78 is 1.67. The summed E-state index contributed by atoms with van der Waals surface area (Å²) in [6, 6.07) is 10.5. The molecule has 0 saturated heterocycles. The average molecular weight is 373 g/mol. The number of aromatic nitrogens is 3. The third kappa shape index (κ3) is 2.81. The topological polar surface area (TPSA) is 98.4 Å². The van der Waals surface area contributed by atoms with Crippen molar-refractivity contribution >= 4 is 34.6 Å². The zero-order valence-corrected chi connectivity index (χ0v) is 15.4. The Bertz CT molecular complexity index is 1140. The number of nitriles is 1. The van der Waals surface area contributed by atoms with E-state index in [9.17, 15) is 10.1 Å². The van der Waals surface area contributed by atoms with Gasteiger partial charge in [0.2, 0.25) is 5.91 Å². The number of rotatable bonds is 4. The predicted molar refractivity (Wildman–Crippen MR) is 106 cm³/mol. The van der Waals surface area contributed by atoms with Crippen LogP contribution < -0.4 is 15.5 Å². The van der Waals surface area contributed by atoms with Crippen molar-refractivity contribution in [3.8, 4) is 6.07 Å². The molecule has 0 bridgehead atoms. The molecule has 2 N–H and O–H groups in total. The van der Waals surface area contributed by atoms with Crippen LogP contribution in [0.4, 0.5) is 23.0 Å². The molecule has 1 aliphatic carbocycles. The molecule has 1 amide bonds. The van der Waals surface area contributed by atoms with Gasteiger partial charge in [0.25, 0.3) is 0 Å². The van der Waals surface area contributed by atoms with Crippen molar-refractivity contribution in [2.45, 2.75) is 32.2 Å². The largest absolute Gasteiger partial charge is 0.367 e. The van der Waals surface area contributed by atoms with Crippen LogP contribution in [-0.2, 0) is 11.2 Å². The third-order valence-electron chi connectivity index (χ3n) is 5.15. The molecule has 0 radical (unpaired) electrons. The fourth-order valence-electron chi connectivity index (χ4n) is 3.58. The molecule has 0 atom stereocenters. The van der Waals surface area contributed by atoms with Gasteiger partial charge >= 0.3 is 0 Å². The van der Waals surface area contributed by atoms with E-state index in [2.05, 4.69) is 26.8 Å². The summed E-state index contributed by atoms with van der Waals surface area (Å²) in [6.07, 6.45) is 4.66. The maximum atomic E-state index is 11.9. The number of carbonyl (C=O) groups excluding carboxylic acids is 1. The van der Waals surface area contributed by atoms with Gasteiger partial charge in [0, 0.05) is 37.0 Å². The van der Waals surface area contributed by atoms with Crippen LogP contribution >= 0.6 is 0 Å². The lowest BCUT2D eigenvalue weighted by molar-refractivity contribution is -0.116. The molecule has 1 saturated carbocycles. The summed E-state index contributed by atoms with van der Waals surface area (Å²) in [7, 11) is 0. The van der Waals surface area contributed by atoms with Gasteiger partial charge in [-0.2, -0.15) is 14.9 Å². The number of carbonyl (C=O) groups is 1. The van der Waals surface area contributed by atoms with E-state index in [4.69, 9.17) is 0 Å². The molecule has 8 nitrogen and oxygen atoms in total. The number of nitrogens with zero attached hydrogens (tertiary/aromatic N) is 5. The molecule has 1 fully saturated rings. The van der Waals surface area contributed by atoms with E-state index in [-0.39, 0.29) is 5.91 Å². The molecular formula is C20H19N7O. The van der Waals surface area contributed by atoms with Gasteiger partial charge in [-0.15, -0.1) is 0 Å². The Balaban J connectivity index is 1.52. The van der Waals surface area contributed by atoms with Crippen LogP contribution in [0.15, 0.2) is 30.5 Å². The lowest BCUT2D eigenvalue weighted by Crippen LogP contribution is -2.25. The average Bonchev–Trinajstić information content (AvgIpc) is 3.24. The summed E-state index contributed by atoms with van der Waals surface area (Å²) >= 11 is 0. The number of hydrogen-bond donors (Lipinski definition) is 2. The van der Waals surface area contributed by atoms with Crippen LogP contribution in [0.5, 0.6) is 0 Å². The highest BCUT2D eigenvalue weighted by Gasteiger charge is 2.24. The van der Waals surface area contributed by atoms with E-state index in [1.807, 2.05) is 24.3 Å². The molecule has 0 unspecified atom stereocenters. The SMILES string of the molecule is CC(=O)N1CCc2ccc(Nc3cc(NC4CC4)n4ncc(C#N)c4n3)cc21. The highest BCUT2D eigenvalue weighted by Crippen LogP contribution is 2.33. The van der Waals surface area contributed by atoms with Crippen molar-refractivity contribution in [2.24, 2.45) is 0 Å². The molecule has 5 rings (SSSR count). The Kier molecular flexibility index (Phi) is 3.69. The van der Waals surface area contributed by atoms with E-state index in [1.54, 1.807) is 16.3 Å². The van der Waals surface area contributed by atoms with E-state index in [0.717, 1.165) is 43.0 Å². The fraction of sp³-hybridized carbons (Fsp3) is 0.300. The number of hydrogen-bond acceptors (Lipinski definition) is 6. The van der Waals surface area contributed by atoms with Gasteiger partial charge in [0.15, 0.2) is 5.65 Å². The quantitative estimate of drug-likeness (QED) is 0.730. The molecule has 1 aliphatic heterocycles. The molecule has 3 heterocycles. The van der Waals surface area contributed by atoms with Gasteiger partial charge in [-0.05, 0) is 37.0 Å². The van der Waals surface area contributed by atoms with Crippen LogP contribution in [-0.4, -0.2) is 33.1 Å². The van der Waals surface area contributed by atoms with Crippen molar-refractivity contribution in [3.05, 3.63) is 41.6 Å². The lowest BCUT2D eigenvalue weighted by atomic mass is 10.1. The smallest absolute Gasteiger partial charge is 0.223 e. The van der Waals surface area contributed by atoms with Gasteiger partial charge in [-0.25, -0.2) is 4.98 Å². The van der Waals surface area contributed by atoms with Crippen LogP contribution in [0.3, 0.4) is 0 Å². The molecule has 140 valence electrons. The van der Waals surface area contributed by atoms with Crippen LogP contribution in [0.2, 0.25) is 0 Å². The zero-order valence-electron chi connectivity index (χ0n) is 15.4. The molecular weight excluding hydrogens is 354 g/mol. The maximum Gasteiger partial charge on any atom is 0.223 e. The predicted octanol–water partition coefficient (Wildman–Crippen LogP) is 2.83. The molecule has 28 heavy (non-hydrogen) atoms. The summed E-state index contributed by atoms with van der Waals surface area (Å²) in [5.41, 5.74) is 3.90. The Labute approximate surface area is 161 Å². The van der Waals surface area contributed by atoms with Crippen molar-refractivity contribution in [1.29, 1.82) is 5.26 Å². The first-order valence-electron chi connectivity index (χ1n) is 9.36. The molecule has 2 aromatic heterocycles. The minimum atomic E-state index is 0.0456. The van der Waals surface area contributed by atoms with E-state index in [0.29, 0.717) is 23.1 Å². The second-order valence-corrected chi connectivity index (χ2v) is 7.24. The first kappa shape index (κ1) is 16.6. The van der Waals surface area contributed by atoms with Gasteiger partial charge in [0.1, 0.15) is 23.3 Å². The molecule has 3 aromatic rings. The van der Waals surface area contributed by atoms with Crippen molar-refractivity contribution in [2.75, 3.05) is 22.1 Å². The Morgan fingerprint density at radius 3 is 2.93 bits per heavy atom. The van der Waals surface area contributed by atoms with E-state index < -0.39 is 0 Å². The molecule has 2 aliphatic rings. The summed E-state index contributed by atoms with van der Waals surface area (Å²) in [4.78, 5) is 18.2. The number of amides is 1. The van der Waals surface area contributed by atoms with Gasteiger partial charge in [0.05, 0.1) is 6.20 Å². The van der Waals surface area contributed by atoms with Crippen molar-refractivity contribution in [3.63, 3.8) is 0 Å². The van der Waals surface area contributed by atoms with Crippen LogP contribution in [0, 0.1) is 11.3 Å². The van der Waals surface area contributed by atoms with Gasteiger partial charge < -0.3 is 15.5 Å². The number of benzene rings is 1. The minimum Gasteiger partial charge on any atom is -0.367 e. The number of nitrogens with one attached hydrogen (secondary N) is 2. The summed E-state index contributed by atoms with van der Waals surface area (Å²) in [5, 5.41) is 20.4. The first-order chi connectivity index (χ1) is 13.6. The highest BCUT2D eigenvalue weighted by molar-refractivity contribution is 5.94. The monoisotopic (exact) mass is 373 g/mol. The van der Waals surface area contributed by atoms with Crippen molar-refractivity contribution in [1.82, 2.24) is 14.6 Å². The maximum absolute atomic E-state index is 11.9. The number of anilines is 4. The fourth-order valence-corrected chi connectivity index (χ4v) is 3.58. The third-order valence-corrected chi connectivity index (χ3v) is 5.15. The first-order valence-corrected chi connectivity index (χ1v) is 9.36. The van der Waals surface area contributed by atoms with E-state index in [1.165, 1.54) is 11.8 Å². The standard InChI is InChI=1S/C20H19N7O/c1-12(28)26-7-6-13-2-3-16(8-17(13)26)23-18-9-19(24-15-4-5-15)27-20(25-18)14(10-21)11-22-27/h2-3,8-9,11,15,24H,4-7H2,1H3,(H,23,25). The number of fused-ring (bicyclic) bond motifs is 2. The van der Waals surface area contributed by atoms with Gasteiger partial charge in [-0.1, -0.05) is 6.07 Å². The second-order valence-electron chi connectivity index (χ2n) is 7.24. The summed E-state index contributed by atoms with van der Waals surface area (Å²) in [5.74, 6) is 1.48. The Hall–Kier alpha value is -3.60. The molecule has 8 heteroatoms. The highest BCUT2D eigenvalue weighted by atomic mass is 16.2. The van der Waals surface area contributed by atoms with Crippen LogP contribution in [0.25, 0.3) is 5.65 Å². The second kappa shape index (κ2) is 6.23. The zero-order chi connectivity index (χ0) is 19.3. The Morgan fingerprint density at radius 2 is 2.18 bits per heavy atom. The van der Waals surface area contributed by atoms with Crippen LogP contribution in [0.1, 0.15) is 30.9 Å². The normalized spacial score (nSPS) is 15.4. The van der Waals surface area contributed by atoms with Crippen molar-refractivity contribution < 1.29 is 4.79 Å². The van der Waals surface area contributed by atoms with E-state index >= 15 is 0 Å². The molecule has 0 spiro atoms. The minimum absolute atomic E-state index is 0.0456.